The minimum absolute atomic E-state index is 0.0478. The molecule has 0 heterocycles. The molecule has 0 bridgehead atoms. The van der Waals surface area contributed by atoms with Crippen LogP contribution in [-0.4, -0.2) is 5.11 Å². The van der Waals surface area contributed by atoms with E-state index >= 15 is 0 Å². The van der Waals surface area contributed by atoms with Crippen molar-refractivity contribution in [1.29, 1.82) is 0 Å². The fraction of sp³-hybridized carbons (Fsp3) is 0. The van der Waals surface area contributed by atoms with Crippen molar-refractivity contribution in [1.82, 2.24) is 0 Å². The fourth-order valence-electron chi connectivity index (χ4n) is 0.596. The summed E-state index contributed by atoms with van der Waals surface area (Å²) in [6.07, 6.45) is 0. The van der Waals surface area contributed by atoms with E-state index in [-0.39, 0.29) is 16.5 Å². The van der Waals surface area contributed by atoms with Gasteiger partial charge in [0.2, 0.25) is 0 Å². The van der Waals surface area contributed by atoms with E-state index in [9.17, 15) is 0 Å². The van der Waals surface area contributed by atoms with Gasteiger partial charge in [-0.25, -0.2) is 0 Å². The first-order valence-electron chi connectivity index (χ1n) is 2.79. The Bertz CT molecular complexity index is 255. The van der Waals surface area contributed by atoms with Crippen molar-refractivity contribution < 1.29 is 24.6 Å². The van der Waals surface area contributed by atoms with Gasteiger partial charge in [0.1, 0.15) is 10.8 Å². The SMILES string of the molecule is Nc1ccc(O)c(Cl)c1N.[O]=[Co]. The molecule has 1 aromatic carbocycles. The van der Waals surface area contributed by atoms with Gasteiger partial charge in [0.25, 0.3) is 0 Å². The molecule has 4 nitrogen and oxygen atoms in total. The molecule has 0 aromatic heterocycles. The quantitative estimate of drug-likeness (QED) is 0.462. The number of hydrogen-bond acceptors (Lipinski definition) is 4. The second-order valence-electron chi connectivity index (χ2n) is 1.90. The van der Waals surface area contributed by atoms with E-state index in [0.717, 1.165) is 0 Å². The van der Waals surface area contributed by atoms with Crippen LogP contribution in [0.1, 0.15) is 0 Å². The molecular weight excluding hydrogens is 226 g/mol. The summed E-state index contributed by atoms with van der Waals surface area (Å²) in [5, 5.41) is 9.07. The zero-order valence-corrected chi connectivity index (χ0v) is 7.67. The number of phenols is 1. The molecule has 0 atom stereocenters. The summed E-state index contributed by atoms with van der Waals surface area (Å²) in [7, 11) is 0. The molecule has 0 radical (unpaired) electrons. The second-order valence-corrected chi connectivity index (χ2v) is 2.28. The molecule has 5 N–H and O–H groups in total. The standard InChI is InChI=1S/C6H7ClN2O.Co.O/c7-5-4(10)2-1-3(8)6(5)9;;/h1-2,10H,8-9H2;;. The Morgan fingerprint density at radius 2 is 1.83 bits per heavy atom. The van der Waals surface area contributed by atoms with Gasteiger partial charge in [0, 0.05) is 0 Å². The maximum absolute atomic E-state index is 8.96. The molecule has 69 valence electrons. The second kappa shape index (κ2) is 4.97. The molecule has 12 heavy (non-hydrogen) atoms. The van der Waals surface area contributed by atoms with E-state index < -0.39 is 0 Å². The van der Waals surface area contributed by atoms with E-state index in [1.165, 1.54) is 12.1 Å². The first kappa shape index (κ1) is 11.2. The minimum atomic E-state index is -0.0478. The number of nitrogen functional groups attached to an aromatic ring is 2. The Kier molecular flexibility index (Phi) is 4.64. The van der Waals surface area contributed by atoms with Crippen LogP contribution in [0.4, 0.5) is 11.4 Å². The molecule has 0 spiro atoms. The summed E-state index contributed by atoms with van der Waals surface area (Å²) in [6, 6.07) is 2.89. The van der Waals surface area contributed by atoms with E-state index in [4.69, 9.17) is 32.0 Å². The molecule has 0 aliphatic carbocycles. The molecule has 6 heteroatoms. The third kappa shape index (κ3) is 2.37. The third-order valence-corrected chi connectivity index (χ3v) is 1.59. The van der Waals surface area contributed by atoms with Crippen molar-refractivity contribution in [3.05, 3.63) is 17.2 Å². The van der Waals surface area contributed by atoms with Crippen molar-refractivity contribution in [2.24, 2.45) is 0 Å². The van der Waals surface area contributed by atoms with E-state index in [1.807, 2.05) is 0 Å². The molecule has 0 amide bonds. The van der Waals surface area contributed by atoms with Crippen molar-refractivity contribution in [3.63, 3.8) is 0 Å². The average Bonchev–Trinajstić information content (AvgIpc) is 2.12. The summed E-state index contributed by atoms with van der Waals surface area (Å²) in [6.45, 7) is 0. The van der Waals surface area contributed by atoms with Crippen LogP contribution in [0, 0.1) is 0 Å². The van der Waals surface area contributed by atoms with Gasteiger partial charge in [0.15, 0.2) is 0 Å². The Hall–Kier alpha value is -0.784. The van der Waals surface area contributed by atoms with Gasteiger partial charge >= 0.3 is 19.5 Å². The third-order valence-electron chi connectivity index (χ3n) is 1.19. The Morgan fingerprint density at radius 1 is 1.33 bits per heavy atom. The Balaban J connectivity index is 0.000000561. The Labute approximate surface area is 82.3 Å². The van der Waals surface area contributed by atoms with E-state index in [0.29, 0.717) is 5.69 Å². The number of hydrogen-bond donors (Lipinski definition) is 3. The normalized spacial score (nSPS) is 8.50. The van der Waals surface area contributed by atoms with Crippen LogP contribution < -0.4 is 11.5 Å². The number of anilines is 2. The van der Waals surface area contributed by atoms with Crippen LogP contribution in [0.5, 0.6) is 5.75 Å². The molecule has 0 aliphatic heterocycles. The van der Waals surface area contributed by atoms with Crippen LogP contribution in [-0.2, 0) is 19.5 Å². The number of halogens is 1. The van der Waals surface area contributed by atoms with Crippen LogP contribution in [0.25, 0.3) is 0 Å². The van der Waals surface area contributed by atoms with Crippen molar-refractivity contribution >= 4 is 23.0 Å². The van der Waals surface area contributed by atoms with Gasteiger partial charge < -0.3 is 16.6 Å². The molecular formula is C6H7ClCoN2O2. The summed E-state index contributed by atoms with van der Waals surface area (Å²) in [4.78, 5) is 0. The van der Waals surface area contributed by atoms with Crippen molar-refractivity contribution in [3.8, 4) is 5.75 Å². The number of aromatic hydroxyl groups is 1. The molecule has 1 rings (SSSR count). The number of phenolic OH excluding ortho intramolecular Hbond substituents is 1. The first-order chi connectivity index (χ1) is 5.63. The number of rotatable bonds is 0. The van der Waals surface area contributed by atoms with Crippen LogP contribution in [0.15, 0.2) is 12.1 Å². The molecule has 0 saturated heterocycles. The summed E-state index contributed by atoms with van der Waals surface area (Å²) >= 11 is 7.84. The topological polar surface area (TPSA) is 89.3 Å². The fourth-order valence-corrected chi connectivity index (χ4v) is 0.768. The zero-order chi connectivity index (χ0) is 9.72. The van der Waals surface area contributed by atoms with Crippen molar-refractivity contribution in [2.45, 2.75) is 0 Å². The first-order valence-corrected chi connectivity index (χ1v) is 3.59. The maximum atomic E-state index is 8.96. The molecule has 0 aliphatic rings. The summed E-state index contributed by atoms with van der Waals surface area (Å²) < 4.78 is 7.94. The predicted molar refractivity (Wildman–Crippen MR) is 42.6 cm³/mol. The summed E-state index contributed by atoms with van der Waals surface area (Å²) in [5.74, 6) is -0.0478. The number of nitrogens with two attached hydrogens (primary N) is 2. The van der Waals surface area contributed by atoms with Gasteiger partial charge in [-0.3, -0.25) is 0 Å². The monoisotopic (exact) mass is 233 g/mol. The van der Waals surface area contributed by atoms with Gasteiger partial charge in [-0.1, -0.05) is 11.6 Å². The van der Waals surface area contributed by atoms with Gasteiger partial charge in [-0.15, -0.1) is 0 Å². The summed E-state index contributed by atoms with van der Waals surface area (Å²) in [5.41, 5.74) is 11.3. The van der Waals surface area contributed by atoms with Crippen LogP contribution in [0.3, 0.4) is 0 Å². The van der Waals surface area contributed by atoms with Gasteiger partial charge in [-0.2, -0.15) is 0 Å². The predicted octanol–water partition coefficient (Wildman–Crippen LogP) is 1.09. The van der Waals surface area contributed by atoms with Crippen LogP contribution >= 0.6 is 11.6 Å². The van der Waals surface area contributed by atoms with Crippen LogP contribution in [0.2, 0.25) is 5.02 Å². The number of benzene rings is 1. The van der Waals surface area contributed by atoms with E-state index in [2.05, 4.69) is 15.7 Å². The molecule has 0 fully saturated rings. The van der Waals surface area contributed by atoms with E-state index in [1.54, 1.807) is 0 Å². The Morgan fingerprint density at radius 3 is 2.25 bits per heavy atom. The van der Waals surface area contributed by atoms with Crippen molar-refractivity contribution in [2.75, 3.05) is 11.5 Å². The molecule has 1 aromatic rings. The zero-order valence-electron chi connectivity index (χ0n) is 5.88. The van der Waals surface area contributed by atoms with Gasteiger partial charge in [-0.05, 0) is 12.1 Å². The molecule has 0 saturated carbocycles. The van der Waals surface area contributed by atoms with Gasteiger partial charge in [0.05, 0.1) is 11.4 Å². The molecule has 0 unspecified atom stereocenters. The average molecular weight is 234 g/mol.